The van der Waals surface area contributed by atoms with Gasteiger partial charge in [-0.25, -0.2) is 22.3 Å². The number of amides is 2. The molecule has 11 heteroatoms. The molecule has 0 aliphatic rings. The SMILES string of the molecule is [C-]#[N+]c1cc(-c2cc(F)cc(C(C)C)c2NC(=O)NS(=O)(=O)c2ccc(=O)n(C(C)C)c2)ccn1. The van der Waals surface area contributed by atoms with Crippen LogP contribution in [0.1, 0.15) is 45.2 Å². The molecule has 2 amide bonds. The molecule has 0 unspecified atom stereocenters. The lowest BCUT2D eigenvalue weighted by Crippen LogP contribution is -2.35. The Morgan fingerprint density at radius 1 is 1.14 bits per heavy atom. The molecule has 0 aliphatic heterocycles. The monoisotopic (exact) mass is 497 g/mol. The minimum atomic E-state index is -4.33. The molecule has 0 spiro atoms. The van der Waals surface area contributed by atoms with Gasteiger partial charge < -0.3 is 14.7 Å². The number of urea groups is 1. The number of benzene rings is 1. The molecule has 1 aromatic carbocycles. The highest BCUT2D eigenvalue weighted by Crippen LogP contribution is 2.36. The second kappa shape index (κ2) is 10.1. The first kappa shape index (κ1) is 25.6. The summed E-state index contributed by atoms with van der Waals surface area (Å²) in [6.07, 6.45) is 2.55. The Morgan fingerprint density at radius 2 is 1.86 bits per heavy atom. The smallest absolute Gasteiger partial charge is 0.333 e. The van der Waals surface area contributed by atoms with Gasteiger partial charge in [-0.2, -0.15) is 0 Å². The maximum atomic E-state index is 14.5. The minimum Gasteiger partial charge on any atom is -0.361 e. The molecule has 0 saturated heterocycles. The van der Waals surface area contributed by atoms with Gasteiger partial charge in [-0.05, 0) is 61.2 Å². The summed E-state index contributed by atoms with van der Waals surface area (Å²) in [6.45, 7) is 14.2. The number of anilines is 1. The van der Waals surface area contributed by atoms with Crippen molar-refractivity contribution in [3.63, 3.8) is 0 Å². The molecule has 0 radical (unpaired) electrons. The van der Waals surface area contributed by atoms with Gasteiger partial charge in [0.05, 0.1) is 5.69 Å². The quantitative estimate of drug-likeness (QED) is 0.474. The first-order valence-electron chi connectivity index (χ1n) is 10.7. The number of carbonyl (C=O) groups is 1. The average Bonchev–Trinajstić information content (AvgIpc) is 2.79. The topological polar surface area (TPSA) is 115 Å². The molecule has 0 saturated carbocycles. The fraction of sp³-hybridized carbons (Fsp3) is 0.250. The molecular weight excluding hydrogens is 473 g/mol. The Morgan fingerprint density at radius 3 is 2.49 bits per heavy atom. The fourth-order valence-corrected chi connectivity index (χ4v) is 4.38. The van der Waals surface area contributed by atoms with Crippen LogP contribution in [0.5, 0.6) is 0 Å². The fourth-order valence-electron chi connectivity index (χ4n) is 3.46. The van der Waals surface area contributed by atoms with Crippen molar-refractivity contribution in [2.24, 2.45) is 0 Å². The number of halogens is 1. The van der Waals surface area contributed by atoms with Crippen LogP contribution in [0.15, 0.2) is 58.5 Å². The van der Waals surface area contributed by atoms with Crippen molar-refractivity contribution in [1.82, 2.24) is 14.3 Å². The van der Waals surface area contributed by atoms with E-state index in [1.54, 1.807) is 33.8 Å². The van der Waals surface area contributed by atoms with E-state index in [9.17, 15) is 22.4 Å². The zero-order valence-electron chi connectivity index (χ0n) is 19.5. The zero-order chi connectivity index (χ0) is 25.9. The first-order chi connectivity index (χ1) is 16.4. The van der Waals surface area contributed by atoms with Crippen molar-refractivity contribution < 1.29 is 17.6 Å². The van der Waals surface area contributed by atoms with Crippen molar-refractivity contribution in [2.75, 3.05) is 5.32 Å². The summed E-state index contributed by atoms with van der Waals surface area (Å²) >= 11 is 0. The number of sulfonamides is 1. The number of hydrogen-bond acceptors (Lipinski definition) is 5. The molecule has 0 aliphatic carbocycles. The highest BCUT2D eigenvalue weighted by Gasteiger charge is 2.23. The van der Waals surface area contributed by atoms with Crippen LogP contribution in [-0.2, 0) is 10.0 Å². The third-order valence-corrected chi connectivity index (χ3v) is 6.49. The molecule has 2 heterocycles. The normalized spacial score (nSPS) is 11.4. The van der Waals surface area contributed by atoms with Crippen LogP contribution >= 0.6 is 0 Å². The van der Waals surface area contributed by atoms with Crippen molar-refractivity contribution in [1.29, 1.82) is 0 Å². The summed E-state index contributed by atoms with van der Waals surface area (Å²) in [5, 5.41) is 2.54. The number of nitrogens with one attached hydrogen (secondary N) is 2. The maximum Gasteiger partial charge on any atom is 0.333 e. The van der Waals surface area contributed by atoms with Crippen molar-refractivity contribution in [3.05, 3.63) is 81.9 Å². The number of rotatable bonds is 6. The molecular formula is C24H24FN5O4S. The number of pyridine rings is 2. The lowest BCUT2D eigenvalue weighted by Gasteiger charge is -2.19. The van der Waals surface area contributed by atoms with Gasteiger partial charge in [0.15, 0.2) is 0 Å². The van der Waals surface area contributed by atoms with Gasteiger partial charge in [0.25, 0.3) is 21.4 Å². The summed E-state index contributed by atoms with van der Waals surface area (Å²) in [6, 6.07) is 6.32. The molecule has 2 N–H and O–H groups in total. The highest BCUT2D eigenvalue weighted by atomic mass is 32.2. The standard InChI is InChI=1S/C24H24FN5O4S/c1-14(2)19-11-17(25)12-20(16-8-9-27-21(10-16)26-5)23(19)28-24(32)29-35(33,34)18-6-7-22(31)30(13-18)15(3)4/h6-15H,1-4H3,(H2,28,29,32). The van der Waals surface area contributed by atoms with Crippen LogP contribution in [0.3, 0.4) is 0 Å². The van der Waals surface area contributed by atoms with E-state index in [1.165, 1.54) is 29.0 Å². The van der Waals surface area contributed by atoms with Gasteiger partial charge in [-0.15, -0.1) is 4.98 Å². The predicted molar refractivity (Wildman–Crippen MR) is 130 cm³/mol. The van der Waals surface area contributed by atoms with E-state index in [-0.39, 0.29) is 39.5 Å². The third-order valence-electron chi connectivity index (χ3n) is 5.17. The first-order valence-corrected chi connectivity index (χ1v) is 12.1. The zero-order valence-corrected chi connectivity index (χ0v) is 20.4. The Labute approximate surface area is 202 Å². The van der Waals surface area contributed by atoms with Gasteiger partial charge in [-0.3, -0.25) is 4.79 Å². The lowest BCUT2D eigenvalue weighted by molar-refractivity contribution is 0.256. The van der Waals surface area contributed by atoms with Gasteiger partial charge in [-0.1, -0.05) is 20.4 Å². The Balaban J connectivity index is 2.02. The average molecular weight is 498 g/mol. The van der Waals surface area contributed by atoms with E-state index in [0.717, 1.165) is 18.3 Å². The summed E-state index contributed by atoms with van der Waals surface area (Å²) in [7, 11) is -4.33. The van der Waals surface area contributed by atoms with Gasteiger partial charge >= 0.3 is 6.03 Å². The Bertz CT molecular complexity index is 1490. The largest absolute Gasteiger partial charge is 0.361 e. The molecule has 3 aromatic rings. The van der Waals surface area contributed by atoms with Crippen molar-refractivity contribution >= 4 is 27.6 Å². The molecule has 9 nitrogen and oxygen atoms in total. The molecule has 0 bridgehead atoms. The summed E-state index contributed by atoms with van der Waals surface area (Å²) in [4.78, 5) is 31.7. The lowest BCUT2D eigenvalue weighted by atomic mass is 9.94. The van der Waals surface area contributed by atoms with Gasteiger partial charge in [0.2, 0.25) is 0 Å². The van der Waals surface area contributed by atoms with E-state index in [2.05, 4.69) is 15.1 Å². The number of carbonyl (C=O) groups excluding carboxylic acids is 1. The van der Waals surface area contributed by atoms with E-state index >= 15 is 0 Å². The van der Waals surface area contributed by atoms with Gasteiger partial charge in [0, 0.05) is 23.9 Å². The molecule has 3 rings (SSSR count). The number of hydrogen-bond donors (Lipinski definition) is 2. The second-order valence-electron chi connectivity index (χ2n) is 8.35. The van der Waals surface area contributed by atoms with Crippen LogP contribution in [0, 0.1) is 12.4 Å². The summed E-state index contributed by atoms with van der Waals surface area (Å²) in [5.41, 5.74) is 0.944. The molecule has 0 fully saturated rings. The Kier molecular flexibility index (Phi) is 7.36. The number of nitrogens with zero attached hydrogens (tertiary/aromatic N) is 3. The number of aromatic nitrogens is 2. The highest BCUT2D eigenvalue weighted by molar-refractivity contribution is 7.90. The van der Waals surface area contributed by atoms with Gasteiger partial charge in [0.1, 0.15) is 16.9 Å². The van der Waals surface area contributed by atoms with Crippen LogP contribution in [0.25, 0.3) is 16.0 Å². The van der Waals surface area contributed by atoms with E-state index in [4.69, 9.17) is 6.57 Å². The van der Waals surface area contributed by atoms with Crippen LogP contribution in [-0.4, -0.2) is 24.0 Å². The van der Waals surface area contributed by atoms with Crippen molar-refractivity contribution in [2.45, 2.75) is 44.6 Å². The Hall–Kier alpha value is -4.04. The van der Waals surface area contributed by atoms with Crippen LogP contribution < -0.4 is 15.6 Å². The van der Waals surface area contributed by atoms with E-state index in [0.29, 0.717) is 11.1 Å². The van der Waals surface area contributed by atoms with Crippen LogP contribution in [0.4, 0.5) is 20.7 Å². The van der Waals surface area contributed by atoms with Crippen molar-refractivity contribution in [3.8, 4) is 11.1 Å². The maximum absolute atomic E-state index is 14.5. The van der Waals surface area contributed by atoms with E-state index in [1.807, 2.05) is 4.72 Å². The molecule has 2 aromatic heterocycles. The second-order valence-corrected chi connectivity index (χ2v) is 10.0. The third kappa shape index (κ3) is 5.73. The minimum absolute atomic E-state index is 0.0797. The predicted octanol–water partition coefficient (Wildman–Crippen LogP) is 4.81. The molecule has 182 valence electrons. The summed E-state index contributed by atoms with van der Waals surface area (Å²) in [5.74, 6) is -0.705. The molecule has 0 atom stereocenters. The van der Waals surface area contributed by atoms with Crippen LogP contribution in [0.2, 0.25) is 0 Å². The van der Waals surface area contributed by atoms with E-state index < -0.39 is 21.9 Å². The molecule has 35 heavy (non-hydrogen) atoms. The summed E-state index contributed by atoms with van der Waals surface area (Å²) < 4.78 is 43.3.